The lowest BCUT2D eigenvalue weighted by Crippen LogP contribution is -2.44. The summed E-state index contributed by atoms with van der Waals surface area (Å²) >= 11 is 0. The van der Waals surface area contributed by atoms with E-state index in [9.17, 15) is 4.79 Å². The molecule has 0 aromatic heterocycles. The summed E-state index contributed by atoms with van der Waals surface area (Å²) in [7, 11) is 2.16. The topological polar surface area (TPSA) is 44.8 Å². The molecule has 5 heteroatoms. The molecular formula is C24H33N3O2. The molecule has 5 nitrogen and oxygen atoms in total. The Labute approximate surface area is 174 Å². The van der Waals surface area contributed by atoms with Crippen LogP contribution >= 0.6 is 0 Å². The number of rotatable bonds is 7. The molecule has 0 radical (unpaired) electrons. The highest BCUT2D eigenvalue weighted by atomic mass is 16.5. The minimum atomic E-state index is -0.139. The van der Waals surface area contributed by atoms with Gasteiger partial charge in [0, 0.05) is 37.6 Å². The highest BCUT2D eigenvalue weighted by molar-refractivity contribution is 5.92. The van der Waals surface area contributed by atoms with Crippen LogP contribution in [0.15, 0.2) is 42.5 Å². The van der Waals surface area contributed by atoms with E-state index in [0.717, 1.165) is 55.2 Å². The maximum atomic E-state index is 12.5. The lowest BCUT2D eigenvalue weighted by molar-refractivity contribution is -0.118. The van der Waals surface area contributed by atoms with Crippen LogP contribution in [0.4, 0.5) is 11.4 Å². The molecule has 1 amide bonds. The van der Waals surface area contributed by atoms with Crippen LogP contribution in [0.2, 0.25) is 0 Å². The number of nitrogens with one attached hydrogen (secondary N) is 1. The lowest BCUT2D eigenvalue weighted by atomic mass is 9.98. The van der Waals surface area contributed by atoms with Crippen molar-refractivity contribution in [3.05, 3.63) is 53.6 Å². The third-order valence-electron chi connectivity index (χ3n) is 5.77. The van der Waals surface area contributed by atoms with Crippen LogP contribution in [0.5, 0.6) is 5.75 Å². The number of hydrogen-bond donors (Lipinski definition) is 1. The Morgan fingerprint density at radius 2 is 1.86 bits per heavy atom. The Bertz CT molecular complexity index is 829. The van der Waals surface area contributed by atoms with Crippen molar-refractivity contribution in [3.8, 4) is 5.75 Å². The van der Waals surface area contributed by atoms with Gasteiger partial charge >= 0.3 is 0 Å². The molecule has 1 atom stereocenters. The van der Waals surface area contributed by atoms with Crippen molar-refractivity contribution in [3.63, 3.8) is 0 Å². The maximum absolute atomic E-state index is 12.5. The molecular weight excluding hydrogens is 362 g/mol. The van der Waals surface area contributed by atoms with E-state index in [4.69, 9.17) is 4.74 Å². The molecule has 1 heterocycles. The molecule has 156 valence electrons. The van der Waals surface area contributed by atoms with Gasteiger partial charge in [-0.1, -0.05) is 32.0 Å². The molecule has 1 fully saturated rings. The minimum absolute atomic E-state index is 0.00704. The Morgan fingerprint density at radius 3 is 2.55 bits per heavy atom. The van der Waals surface area contributed by atoms with E-state index >= 15 is 0 Å². The Morgan fingerprint density at radius 1 is 1.14 bits per heavy atom. The van der Waals surface area contributed by atoms with Crippen LogP contribution < -0.4 is 15.0 Å². The normalized spacial score (nSPS) is 15.8. The van der Waals surface area contributed by atoms with Gasteiger partial charge in [0.05, 0.1) is 0 Å². The second kappa shape index (κ2) is 9.79. The Kier molecular flexibility index (Phi) is 7.15. The second-order valence-corrected chi connectivity index (χ2v) is 7.97. The van der Waals surface area contributed by atoms with Crippen molar-refractivity contribution in [2.45, 2.75) is 33.1 Å². The van der Waals surface area contributed by atoms with E-state index in [1.165, 1.54) is 5.69 Å². The fraction of sp³-hybridized carbons (Fsp3) is 0.458. The van der Waals surface area contributed by atoms with Crippen LogP contribution in [0, 0.1) is 6.92 Å². The largest absolute Gasteiger partial charge is 0.483 e. The molecule has 0 spiro atoms. The third kappa shape index (κ3) is 5.51. The van der Waals surface area contributed by atoms with Gasteiger partial charge in [0.2, 0.25) is 0 Å². The highest BCUT2D eigenvalue weighted by Crippen LogP contribution is 2.28. The van der Waals surface area contributed by atoms with Crippen molar-refractivity contribution in [1.29, 1.82) is 0 Å². The Hall–Kier alpha value is -2.53. The van der Waals surface area contributed by atoms with E-state index in [1.54, 1.807) is 0 Å². The number of para-hydroxylation sites is 1. The summed E-state index contributed by atoms with van der Waals surface area (Å²) in [5, 5.41) is 2.99. The number of aryl methyl sites for hydroxylation is 1. The number of carbonyl (C=O) groups excluding carboxylic acids is 1. The standard InChI is InChI=1S/C24H33N3O2/c1-5-18(2)21-8-6-7-9-23(21)29-17-24(28)25-22-11-10-20(16-19(22)3)27-14-12-26(4)13-15-27/h6-11,16,18H,5,12-15,17H2,1-4H3,(H,25,28). The summed E-state index contributed by atoms with van der Waals surface area (Å²) in [6.45, 7) is 10.6. The number of likely N-dealkylation sites (N-methyl/N-ethyl adjacent to an activating group) is 1. The number of hydrogen-bond acceptors (Lipinski definition) is 4. The zero-order valence-electron chi connectivity index (χ0n) is 18.1. The number of carbonyl (C=O) groups is 1. The number of benzene rings is 2. The van der Waals surface area contributed by atoms with Crippen LogP contribution in [0.1, 0.15) is 37.3 Å². The highest BCUT2D eigenvalue weighted by Gasteiger charge is 2.16. The molecule has 0 aliphatic carbocycles. The van der Waals surface area contributed by atoms with Gasteiger partial charge in [0.1, 0.15) is 5.75 Å². The third-order valence-corrected chi connectivity index (χ3v) is 5.77. The molecule has 0 bridgehead atoms. The minimum Gasteiger partial charge on any atom is -0.483 e. The maximum Gasteiger partial charge on any atom is 0.262 e. The summed E-state index contributed by atoms with van der Waals surface area (Å²) in [6.07, 6.45) is 1.03. The van der Waals surface area contributed by atoms with E-state index in [1.807, 2.05) is 31.2 Å². The lowest BCUT2D eigenvalue weighted by Gasteiger charge is -2.34. The van der Waals surface area contributed by atoms with Crippen molar-refractivity contribution >= 4 is 17.3 Å². The predicted octanol–water partition coefficient (Wildman–Crippen LogP) is 4.28. The molecule has 1 aliphatic rings. The van der Waals surface area contributed by atoms with E-state index in [0.29, 0.717) is 5.92 Å². The first kappa shape index (κ1) is 21.2. The summed E-state index contributed by atoms with van der Waals surface area (Å²) in [4.78, 5) is 17.2. The molecule has 1 saturated heterocycles. The molecule has 0 saturated carbocycles. The van der Waals surface area contributed by atoms with E-state index in [2.05, 4.69) is 54.2 Å². The molecule has 2 aromatic rings. The fourth-order valence-corrected chi connectivity index (χ4v) is 3.62. The monoisotopic (exact) mass is 395 g/mol. The van der Waals surface area contributed by atoms with Gasteiger partial charge in [0.25, 0.3) is 5.91 Å². The number of amides is 1. The predicted molar refractivity (Wildman–Crippen MR) is 120 cm³/mol. The van der Waals surface area contributed by atoms with Gasteiger partial charge in [-0.25, -0.2) is 0 Å². The number of piperazine rings is 1. The quantitative estimate of drug-likeness (QED) is 0.760. The van der Waals surface area contributed by atoms with Crippen LogP contribution in [-0.4, -0.2) is 50.6 Å². The first-order chi connectivity index (χ1) is 14.0. The Balaban J connectivity index is 1.58. The van der Waals surface area contributed by atoms with Crippen LogP contribution in [0.25, 0.3) is 0 Å². The number of nitrogens with zero attached hydrogens (tertiary/aromatic N) is 2. The summed E-state index contributed by atoms with van der Waals surface area (Å²) in [5.74, 6) is 1.05. The molecule has 2 aromatic carbocycles. The SMILES string of the molecule is CCC(C)c1ccccc1OCC(=O)Nc1ccc(N2CCN(C)CC2)cc1C. The fourth-order valence-electron chi connectivity index (χ4n) is 3.62. The van der Waals surface area contributed by atoms with E-state index in [-0.39, 0.29) is 12.5 Å². The van der Waals surface area contributed by atoms with Crippen molar-refractivity contribution in [2.24, 2.45) is 0 Å². The van der Waals surface area contributed by atoms with Crippen molar-refractivity contribution < 1.29 is 9.53 Å². The smallest absolute Gasteiger partial charge is 0.262 e. The average Bonchev–Trinajstić information content (AvgIpc) is 2.74. The molecule has 1 unspecified atom stereocenters. The van der Waals surface area contributed by atoms with E-state index < -0.39 is 0 Å². The van der Waals surface area contributed by atoms with Crippen molar-refractivity contribution in [1.82, 2.24) is 4.90 Å². The zero-order valence-corrected chi connectivity index (χ0v) is 18.1. The van der Waals surface area contributed by atoms with Gasteiger partial charge in [-0.3, -0.25) is 4.79 Å². The van der Waals surface area contributed by atoms with Gasteiger partial charge in [-0.15, -0.1) is 0 Å². The van der Waals surface area contributed by atoms with Gasteiger partial charge in [-0.2, -0.15) is 0 Å². The first-order valence-electron chi connectivity index (χ1n) is 10.5. The molecule has 1 aliphatic heterocycles. The van der Waals surface area contributed by atoms with Crippen LogP contribution in [-0.2, 0) is 4.79 Å². The van der Waals surface area contributed by atoms with Crippen LogP contribution in [0.3, 0.4) is 0 Å². The number of anilines is 2. The first-order valence-corrected chi connectivity index (χ1v) is 10.5. The summed E-state index contributed by atoms with van der Waals surface area (Å²) in [6, 6.07) is 14.2. The number of ether oxygens (including phenoxy) is 1. The summed E-state index contributed by atoms with van der Waals surface area (Å²) in [5.41, 5.74) is 4.27. The van der Waals surface area contributed by atoms with Gasteiger partial charge < -0.3 is 19.9 Å². The molecule has 29 heavy (non-hydrogen) atoms. The second-order valence-electron chi connectivity index (χ2n) is 7.97. The molecule has 3 rings (SSSR count). The summed E-state index contributed by atoms with van der Waals surface area (Å²) < 4.78 is 5.84. The molecule has 1 N–H and O–H groups in total. The van der Waals surface area contributed by atoms with Crippen molar-refractivity contribution in [2.75, 3.05) is 50.1 Å². The van der Waals surface area contributed by atoms with Gasteiger partial charge in [-0.05, 0) is 61.7 Å². The zero-order chi connectivity index (χ0) is 20.8. The average molecular weight is 396 g/mol. The van der Waals surface area contributed by atoms with Gasteiger partial charge in [0.15, 0.2) is 6.61 Å².